The van der Waals surface area contributed by atoms with Gasteiger partial charge in [-0.1, -0.05) is 42.7 Å². The van der Waals surface area contributed by atoms with Crippen molar-refractivity contribution >= 4 is 28.5 Å². The highest BCUT2D eigenvalue weighted by Crippen LogP contribution is 2.38. The van der Waals surface area contributed by atoms with Crippen molar-refractivity contribution in [1.29, 1.82) is 0 Å². The van der Waals surface area contributed by atoms with Crippen molar-refractivity contribution in [2.45, 2.75) is 50.7 Å². The van der Waals surface area contributed by atoms with Crippen molar-refractivity contribution in [2.24, 2.45) is 0 Å². The summed E-state index contributed by atoms with van der Waals surface area (Å²) in [6.45, 7) is -0.157. The molecule has 1 aromatic heterocycles. The Hall–Kier alpha value is -4.80. The van der Waals surface area contributed by atoms with Crippen LogP contribution in [0.5, 0.6) is 23.0 Å². The third kappa shape index (κ3) is 6.35. The number of methoxy groups -OCH3 is 4. The molecule has 0 aliphatic heterocycles. The molecule has 1 fully saturated rings. The first-order valence-corrected chi connectivity index (χ1v) is 14.3. The first kappa shape index (κ1) is 29.7. The number of anilines is 1. The molecule has 2 amide bonds. The largest absolute Gasteiger partial charge is 0.493 e. The normalized spacial score (nSPS) is 14.1. The van der Waals surface area contributed by atoms with Gasteiger partial charge in [0.05, 0.1) is 34.0 Å². The Labute approximate surface area is 250 Å². The molecule has 0 radical (unpaired) electrons. The Bertz CT molecular complexity index is 1580. The van der Waals surface area contributed by atoms with Gasteiger partial charge < -0.3 is 24.3 Å². The number of hydrogen-bond donors (Lipinski definition) is 1. The molecule has 1 heterocycles. The number of ether oxygens (including phenoxy) is 4. The number of amides is 2. The number of nitrogens with zero attached hydrogens (tertiary/aromatic N) is 4. The van der Waals surface area contributed by atoms with Gasteiger partial charge in [0, 0.05) is 17.8 Å². The first-order chi connectivity index (χ1) is 21.0. The topological polar surface area (TPSA) is 117 Å². The van der Waals surface area contributed by atoms with Gasteiger partial charge in [0.1, 0.15) is 18.1 Å². The molecule has 5 rings (SSSR count). The third-order valence-electron chi connectivity index (χ3n) is 7.80. The third-order valence-corrected chi connectivity index (χ3v) is 7.80. The molecule has 1 atom stereocenters. The van der Waals surface area contributed by atoms with E-state index < -0.39 is 6.04 Å². The first-order valence-electron chi connectivity index (χ1n) is 14.3. The Morgan fingerprint density at radius 1 is 0.860 bits per heavy atom. The summed E-state index contributed by atoms with van der Waals surface area (Å²) < 4.78 is 23.6. The van der Waals surface area contributed by atoms with E-state index in [2.05, 4.69) is 15.6 Å². The van der Waals surface area contributed by atoms with Crippen molar-refractivity contribution < 1.29 is 28.5 Å². The van der Waals surface area contributed by atoms with Crippen molar-refractivity contribution in [3.05, 3.63) is 66.2 Å². The highest BCUT2D eigenvalue weighted by molar-refractivity contribution is 6.02. The van der Waals surface area contributed by atoms with Crippen LogP contribution in [-0.2, 0) is 16.1 Å². The van der Waals surface area contributed by atoms with Crippen LogP contribution in [-0.4, -0.2) is 61.3 Å². The lowest BCUT2D eigenvalue weighted by atomic mass is 9.94. The van der Waals surface area contributed by atoms with E-state index in [1.807, 2.05) is 24.3 Å². The number of carbonyl (C=O) groups excluding carboxylic acids is 2. The van der Waals surface area contributed by atoms with Crippen LogP contribution >= 0.6 is 0 Å². The van der Waals surface area contributed by atoms with Crippen LogP contribution < -0.4 is 29.2 Å². The van der Waals surface area contributed by atoms with Crippen LogP contribution in [0, 0.1) is 0 Å². The smallest absolute Gasteiger partial charge is 0.249 e. The number of fused-ring (bicyclic) bond motifs is 1. The zero-order chi connectivity index (χ0) is 30.3. The van der Waals surface area contributed by atoms with E-state index in [9.17, 15) is 9.59 Å². The van der Waals surface area contributed by atoms with Gasteiger partial charge in [-0.25, -0.2) is 4.68 Å². The summed E-state index contributed by atoms with van der Waals surface area (Å²) in [5, 5.41) is 11.7. The second-order valence-corrected chi connectivity index (χ2v) is 10.4. The van der Waals surface area contributed by atoms with E-state index in [0.717, 1.165) is 32.1 Å². The number of aromatic nitrogens is 3. The lowest BCUT2D eigenvalue weighted by molar-refractivity contribution is -0.127. The number of hydrogen-bond acceptors (Lipinski definition) is 8. The van der Waals surface area contributed by atoms with Gasteiger partial charge in [-0.05, 0) is 54.8 Å². The zero-order valence-electron chi connectivity index (χ0n) is 24.9. The molecular weight excluding hydrogens is 550 g/mol. The minimum atomic E-state index is -1.05. The van der Waals surface area contributed by atoms with Crippen molar-refractivity contribution in [3.63, 3.8) is 0 Å². The highest BCUT2D eigenvalue weighted by atomic mass is 16.5. The highest BCUT2D eigenvalue weighted by Gasteiger charge is 2.35. The fourth-order valence-corrected chi connectivity index (χ4v) is 5.62. The van der Waals surface area contributed by atoms with Gasteiger partial charge in [-0.15, -0.1) is 5.10 Å². The van der Waals surface area contributed by atoms with Crippen LogP contribution in [0.25, 0.3) is 11.0 Å². The molecule has 3 aromatic carbocycles. The van der Waals surface area contributed by atoms with Gasteiger partial charge in [0.2, 0.25) is 11.8 Å². The lowest BCUT2D eigenvalue weighted by Gasteiger charge is -2.34. The SMILES string of the molecule is COc1ccc(C(C(=O)NC2CCCCC2)N(C(=O)Cn2nnc3ccccc32)c2ccc(OC)c(OC)c2)cc1OC. The fraction of sp³-hybridized carbons (Fsp3) is 0.375. The van der Waals surface area contributed by atoms with E-state index in [0.29, 0.717) is 45.3 Å². The average Bonchev–Trinajstić information content (AvgIpc) is 3.45. The van der Waals surface area contributed by atoms with Crippen molar-refractivity contribution in [2.75, 3.05) is 33.3 Å². The number of carbonyl (C=O) groups is 2. The van der Waals surface area contributed by atoms with E-state index in [-0.39, 0.29) is 24.4 Å². The van der Waals surface area contributed by atoms with Gasteiger partial charge in [0.15, 0.2) is 23.0 Å². The molecule has 1 aliphatic rings. The summed E-state index contributed by atoms with van der Waals surface area (Å²) in [4.78, 5) is 30.2. The summed E-state index contributed by atoms with van der Waals surface area (Å²) in [7, 11) is 6.15. The van der Waals surface area contributed by atoms with Gasteiger partial charge in [0.25, 0.3) is 0 Å². The molecule has 11 nitrogen and oxygen atoms in total. The maximum Gasteiger partial charge on any atom is 0.249 e. The quantitative estimate of drug-likeness (QED) is 0.269. The van der Waals surface area contributed by atoms with E-state index in [1.165, 1.54) is 23.8 Å². The number of benzene rings is 3. The molecule has 0 spiro atoms. The molecule has 4 aromatic rings. The Kier molecular flexibility index (Phi) is 9.29. The second-order valence-electron chi connectivity index (χ2n) is 10.4. The summed E-state index contributed by atoms with van der Waals surface area (Å²) in [6.07, 6.45) is 5.01. The molecule has 0 saturated heterocycles. The zero-order valence-corrected chi connectivity index (χ0v) is 24.9. The molecule has 226 valence electrons. The minimum absolute atomic E-state index is 0.0190. The van der Waals surface area contributed by atoms with Crippen LogP contribution in [0.4, 0.5) is 5.69 Å². The standard InChI is InChI=1S/C32H37N5O6/c1-40-26-16-14-21(18-28(26)42-3)31(32(39)33-22-10-6-5-7-11-22)37(23-15-17-27(41-2)29(19-23)43-4)30(38)20-36-25-13-9-8-12-24(25)34-35-36/h8-9,12-19,22,31H,5-7,10-11,20H2,1-4H3,(H,33,39). The molecule has 11 heteroatoms. The van der Waals surface area contributed by atoms with E-state index in [4.69, 9.17) is 18.9 Å². The van der Waals surface area contributed by atoms with Crippen LogP contribution in [0.15, 0.2) is 60.7 Å². The van der Waals surface area contributed by atoms with Gasteiger partial charge >= 0.3 is 0 Å². The summed E-state index contributed by atoms with van der Waals surface area (Å²) >= 11 is 0. The van der Waals surface area contributed by atoms with Gasteiger partial charge in [-0.3, -0.25) is 14.5 Å². The Balaban J connectivity index is 1.64. The maximum atomic E-state index is 14.4. The predicted octanol–water partition coefficient (Wildman–Crippen LogP) is 4.69. The van der Waals surface area contributed by atoms with Crippen LogP contribution in [0.3, 0.4) is 0 Å². The van der Waals surface area contributed by atoms with Crippen LogP contribution in [0.1, 0.15) is 43.7 Å². The molecule has 1 saturated carbocycles. The number of nitrogens with one attached hydrogen (secondary N) is 1. The maximum absolute atomic E-state index is 14.4. The lowest BCUT2D eigenvalue weighted by Crippen LogP contribution is -2.48. The number of para-hydroxylation sites is 1. The molecule has 1 unspecified atom stereocenters. The monoisotopic (exact) mass is 587 g/mol. The predicted molar refractivity (Wildman–Crippen MR) is 162 cm³/mol. The fourth-order valence-electron chi connectivity index (χ4n) is 5.62. The van der Waals surface area contributed by atoms with Crippen LogP contribution in [0.2, 0.25) is 0 Å². The van der Waals surface area contributed by atoms with Crippen molar-refractivity contribution in [1.82, 2.24) is 20.3 Å². The number of rotatable bonds is 11. The van der Waals surface area contributed by atoms with E-state index in [1.54, 1.807) is 50.6 Å². The second kappa shape index (κ2) is 13.5. The molecule has 43 heavy (non-hydrogen) atoms. The average molecular weight is 588 g/mol. The van der Waals surface area contributed by atoms with Crippen molar-refractivity contribution in [3.8, 4) is 23.0 Å². The van der Waals surface area contributed by atoms with E-state index >= 15 is 0 Å². The summed E-state index contributed by atoms with van der Waals surface area (Å²) in [5.74, 6) is 1.19. The molecule has 1 N–H and O–H groups in total. The molecule has 1 aliphatic carbocycles. The summed E-state index contributed by atoms with van der Waals surface area (Å²) in [6, 6.07) is 16.8. The molecular formula is C32H37N5O6. The minimum Gasteiger partial charge on any atom is -0.493 e. The Morgan fingerprint density at radius 2 is 1.51 bits per heavy atom. The molecule has 0 bridgehead atoms. The Morgan fingerprint density at radius 3 is 2.21 bits per heavy atom. The summed E-state index contributed by atoms with van der Waals surface area (Å²) in [5.41, 5.74) is 2.38. The van der Waals surface area contributed by atoms with Gasteiger partial charge in [-0.2, -0.15) is 0 Å².